The first-order chi connectivity index (χ1) is 15.1. The van der Waals surface area contributed by atoms with Gasteiger partial charge in [0.2, 0.25) is 0 Å². The molecule has 0 saturated carbocycles. The zero-order chi connectivity index (χ0) is 21.6. The summed E-state index contributed by atoms with van der Waals surface area (Å²) < 4.78 is 0. The monoisotopic (exact) mass is 439 g/mol. The molecular weight excluding hydrogens is 406 g/mol. The summed E-state index contributed by atoms with van der Waals surface area (Å²) in [5.74, 6) is 1.51. The minimum absolute atomic E-state index is 0.0577. The van der Waals surface area contributed by atoms with Crippen molar-refractivity contribution < 1.29 is 9.59 Å². The maximum absolute atomic E-state index is 13.1. The Morgan fingerprint density at radius 2 is 1.84 bits per heavy atom. The molecule has 3 heterocycles. The molecule has 1 aromatic carbocycles. The SMILES string of the molecule is CC1CCN(CC2CCCN(C(=O)c3ccc(CNC(=O)c4cccs4)cc3)C2)CC1. The molecule has 2 fully saturated rings. The molecule has 0 spiro atoms. The third-order valence-electron chi connectivity index (χ3n) is 6.60. The Kier molecular flexibility index (Phi) is 7.41. The van der Waals surface area contributed by atoms with Crippen molar-refractivity contribution in [3.05, 3.63) is 57.8 Å². The normalized spacial score (nSPS) is 20.5. The first kappa shape index (κ1) is 22.0. The average molecular weight is 440 g/mol. The molecule has 1 aromatic heterocycles. The second kappa shape index (κ2) is 10.4. The van der Waals surface area contributed by atoms with Gasteiger partial charge in [-0.15, -0.1) is 11.3 Å². The number of thiophene rings is 1. The fourth-order valence-corrected chi connectivity index (χ4v) is 5.27. The van der Waals surface area contributed by atoms with Gasteiger partial charge in [0.25, 0.3) is 11.8 Å². The molecule has 6 heteroatoms. The van der Waals surface area contributed by atoms with Gasteiger partial charge in [-0.3, -0.25) is 9.59 Å². The van der Waals surface area contributed by atoms with Gasteiger partial charge in [-0.05, 0) is 79.8 Å². The maximum Gasteiger partial charge on any atom is 0.261 e. The van der Waals surface area contributed by atoms with E-state index in [9.17, 15) is 9.59 Å². The van der Waals surface area contributed by atoms with Crippen molar-refractivity contribution in [2.45, 2.75) is 39.2 Å². The lowest BCUT2D eigenvalue weighted by Gasteiger charge is -2.38. The first-order valence-electron chi connectivity index (χ1n) is 11.5. The molecule has 31 heavy (non-hydrogen) atoms. The predicted octanol–water partition coefficient (Wildman–Crippen LogP) is 4.26. The lowest BCUT2D eigenvalue weighted by atomic mass is 9.94. The summed E-state index contributed by atoms with van der Waals surface area (Å²) in [6, 6.07) is 11.4. The first-order valence-corrected chi connectivity index (χ1v) is 12.4. The van der Waals surface area contributed by atoms with E-state index in [1.165, 1.54) is 43.7 Å². The van der Waals surface area contributed by atoms with E-state index in [0.717, 1.165) is 43.1 Å². The number of hydrogen-bond acceptors (Lipinski definition) is 4. The number of hydrogen-bond donors (Lipinski definition) is 1. The van der Waals surface area contributed by atoms with E-state index in [-0.39, 0.29) is 11.8 Å². The lowest BCUT2D eigenvalue weighted by molar-refractivity contribution is 0.0622. The summed E-state index contributed by atoms with van der Waals surface area (Å²) in [6.07, 6.45) is 4.91. The smallest absolute Gasteiger partial charge is 0.261 e. The van der Waals surface area contributed by atoms with Crippen molar-refractivity contribution in [3.8, 4) is 0 Å². The van der Waals surface area contributed by atoms with Gasteiger partial charge in [-0.1, -0.05) is 25.1 Å². The molecule has 2 aromatic rings. The van der Waals surface area contributed by atoms with E-state index < -0.39 is 0 Å². The molecule has 1 atom stereocenters. The Morgan fingerprint density at radius 3 is 2.55 bits per heavy atom. The average Bonchev–Trinajstić information content (AvgIpc) is 3.34. The molecule has 166 valence electrons. The number of amides is 2. The molecule has 5 nitrogen and oxygen atoms in total. The van der Waals surface area contributed by atoms with Crippen molar-refractivity contribution in [2.75, 3.05) is 32.7 Å². The molecule has 0 bridgehead atoms. The summed E-state index contributed by atoms with van der Waals surface area (Å²) >= 11 is 1.43. The Labute approximate surface area is 189 Å². The van der Waals surface area contributed by atoms with Crippen LogP contribution in [0.4, 0.5) is 0 Å². The molecule has 2 aliphatic rings. The van der Waals surface area contributed by atoms with Crippen LogP contribution < -0.4 is 5.32 Å². The topological polar surface area (TPSA) is 52.6 Å². The number of carbonyl (C=O) groups is 2. The molecule has 1 N–H and O–H groups in total. The second-order valence-corrected chi connectivity index (χ2v) is 10.0. The van der Waals surface area contributed by atoms with Crippen molar-refractivity contribution in [3.63, 3.8) is 0 Å². The molecule has 2 saturated heterocycles. The predicted molar refractivity (Wildman–Crippen MR) is 125 cm³/mol. The van der Waals surface area contributed by atoms with Crippen LogP contribution in [0.15, 0.2) is 41.8 Å². The van der Waals surface area contributed by atoms with Gasteiger partial charge < -0.3 is 15.1 Å². The van der Waals surface area contributed by atoms with E-state index >= 15 is 0 Å². The molecule has 2 aliphatic heterocycles. The van der Waals surface area contributed by atoms with E-state index in [1.54, 1.807) is 0 Å². The molecule has 4 rings (SSSR count). The van der Waals surface area contributed by atoms with Gasteiger partial charge in [-0.2, -0.15) is 0 Å². The number of carbonyl (C=O) groups excluding carboxylic acids is 2. The van der Waals surface area contributed by atoms with Gasteiger partial charge in [0.05, 0.1) is 4.88 Å². The summed E-state index contributed by atoms with van der Waals surface area (Å²) in [7, 11) is 0. The van der Waals surface area contributed by atoms with Crippen LogP contribution in [0.25, 0.3) is 0 Å². The minimum Gasteiger partial charge on any atom is -0.347 e. The Morgan fingerprint density at radius 1 is 1.06 bits per heavy atom. The largest absolute Gasteiger partial charge is 0.347 e. The van der Waals surface area contributed by atoms with E-state index in [1.807, 2.05) is 46.7 Å². The third-order valence-corrected chi connectivity index (χ3v) is 7.47. The Bertz CT molecular complexity index is 857. The molecule has 0 radical (unpaired) electrons. The molecule has 0 aliphatic carbocycles. The van der Waals surface area contributed by atoms with Crippen LogP contribution in [0.5, 0.6) is 0 Å². The fourth-order valence-electron chi connectivity index (χ4n) is 4.63. The van der Waals surface area contributed by atoms with E-state index in [4.69, 9.17) is 0 Å². The van der Waals surface area contributed by atoms with Gasteiger partial charge in [0.15, 0.2) is 0 Å². The Hall–Kier alpha value is -2.18. The van der Waals surface area contributed by atoms with Gasteiger partial charge in [0, 0.05) is 31.7 Å². The van der Waals surface area contributed by atoms with Crippen LogP contribution in [0, 0.1) is 11.8 Å². The zero-order valence-electron chi connectivity index (χ0n) is 18.4. The summed E-state index contributed by atoms with van der Waals surface area (Å²) in [6.45, 7) is 8.06. The number of nitrogens with zero attached hydrogens (tertiary/aromatic N) is 2. The third kappa shape index (κ3) is 5.95. The van der Waals surface area contributed by atoms with E-state index in [0.29, 0.717) is 17.3 Å². The number of nitrogens with one attached hydrogen (secondary N) is 1. The van der Waals surface area contributed by atoms with Crippen LogP contribution >= 0.6 is 11.3 Å². The van der Waals surface area contributed by atoms with Gasteiger partial charge >= 0.3 is 0 Å². The second-order valence-electron chi connectivity index (χ2n) is 9.10. The highest BCUT2D eigenvalue weighted by atomic mass is 32.1. The minimum atomic E-state index is -0.0577. The molecular formula is C25H33N3O2S. The van der Waals surface area contributed by atoms with Gasteiger partial charge in [0.1, 0.15) is 0 Å². The summed E-state index contributed by atoms with van der Waals surface area (Å²) in [5.41, 5.74) is 1.73. The summed E-state index contributed by atoms with van der Waals surface area (Å²) in [4.78, 5) is 30.5. The van der Waals surface area contributed by atoms with Crippen LogP contribution in [0.3, 0.4) is 0 Å². The molecule has 1 unspecified atom stereocenters. The molecule has 2 amide bonds. The van der Waals surface area contributed by atoms with Crippen molar-refractivity contribution in [2.24, 2.45) is 11.8 Å². The summed E-state index contributed by atoms with van der Waals surface area (Å²) in [5, 5.41) is 4.83. The highest BCUT2D eigenvalue weighted by molar-refractivity contribution is 7.12. The number of rotatable bonds is 6. The zero-order valence-corrected chi connectivity index (χ0v) is 19.2. The van der Waals surface area contributed by atoms with Crippen molar-refractivity contribution in [1.29, 1.82) is 0 Å². The quantitative estimate of drug-likeness (QED) is 0.732. The number of likely N-dealkylation sites (tertiary alicyclic amines) is 2. The van der Waals surface area contributed by atoms with Crippen molar-refractivity contribution in [1.82, 2.24) is 15.1 Å². The lowest BCUT2D eigenvalue weighted by Crippen LogP contribution is -2.45. The fraction of sp³-hybridized carbons (Fsp3) is 0.520. The van der Waals surface area contributed by atoms with E-state index in [2.05, 4.69) is 17.1 Å². The van der Waals surface area contributed by atoms with Crippen molar-refractivity contribution >= 4 is 23.2 Å². The van der Waals surface area contributed by atoms with Crippen LogP contribution in [-0.4, -0.2) is 54.3 Å². The Balaban J connectivity index is 1.27. The highest BCUT2D eigenvalue weighted by Crippen LogP contribution is 2.23. The van der Waals surface area contributed by atoms with Crippen LogP contribution in [-0.2, 0) is 6.54 Å². The standard InChI is InChI=1S/C25H33N3O2S/c1-19-10-13-27(14-11-19)17-21-4-2-12-28(18-21)25(30)22-8-6-20(7-9-22)16-26-24(29)23-5-3-15-31-23/h3,5-9,15,19,21H,2,4,10-14,16-18H2,1H3,(H,26,29). The highest BCUT2D eigenvalue weighted by Gasteiger charge is 2.27. The maximum atomic E-state index is 13.1. The number of benzene rings is 1. The van der Waals surface area contributed by atoms with Crippen LogP contribution in [0.2, 0.25) is 0 Å². The number of piperidine rings is 2. The van der Waals surface area contributed by atoms with Gasteiger partial charge in [-0.25, -0.2) is 0 Å². The van der Waals surface area contributed by atoms with Crippen LogP contribution in [0.1, 0.15) is 58.2 Å².